The van der Waals surface area contributed by atoms with Crippen LogP contribution in [0.2, 0.25) is 0 Å². The highest BCUT2D eigenvalue weighted by Crippen LogP contribution is 2.37. The van der Waals surface area contributed by atoms with Crippen molar-refractivity contribution < 1.29 is 23.2 Å². The van der Waals surface area contributed by atoms with Gasteiger partial charge < -0.3 is 14.5 Å². The molecule has 0 aromatic heterocycles. The molecule has 0 spiro atoms. The third-order valence-corrected chi connectivity index (χ3v) is 8.63. The van der Waals surface area contributed by atoms with Gasteiger partial charge in [0.2, 0.25) is 5.78 Å². The van der Waals surface area contributed by atoms with Crippen molar-refractivity contribution in [2.45, 2.75) is 32.4 Å². The summed E-state index contributed by atoms with van der Waals surface area (Å²) >= 11 is 0. The first-order valence-corrected chi connectivity index (χ1v) is 14.3. The Morgan fingerprint density at radius 1 is 0.810 bits per heavy atom. The Morgan fingerprint density at radius 2 is 1.38 bits per heavy atom. The van der Waals surface area contributed by atoms with E-state index < -0.39 is 6.04 Å². The molecule has 4 aromatic carbocycles. The topological polar surface area (TPSA) is 55.4 Å². The minimum Gasteiger partial charge on any atom is -0.454 e. The summed E-state index contributed by atoms with van der Waals surface area (Å²) in [4.78, 5) is 27.1. The number of fused-ring (bicyclic) bond motifs is 3. The molecule has 0 amide bonds. The van der Waals surface area contributed by atoms with Crippen LogP contribution in [0.15, 0.2) is 109 Å². The predicted octanol–water partition coefficient (Wildman–Crippen LogP) is 7.32. The van der Waals surface area contributed by atoms with Crippen LogP contribution in [-0.2, 0) is 9.53 Å². The van der Waals surface area contributed by atoms with Crippen molar-refractivity contribution in [2.24, 2.45) is 5.92 Å². The van der Waals surface area contributed by atoms with Gasteiger partial charge in [-0.05, 0) is 41.0 Å². The highest BCUT2D eigenvalue weighted by Gasteiger charge is 2.49. The van der Waals surface area contributed by atoms with Crippen molar-refractivity contribution in [3.05, 3.63) is 126 Å². The number of carbonyl (C=O) groups excluding carboxylic acids is 2. The Labute approximate surface area is 247 Å². The van der Waals surface area contributed by atoms with E-state index in [4.69, 9.17) is 4.74 Å². The van der Waals surface area contributed by atoms with Gasteiger partial charge >= 0.3 is 5.97 Å². The smallest absolute Gasteiger partial charge is 0.333 e. The van der Waals surface area contributed by atoms with Gasteiger partial charge in [-0.1, -0.05) is 92.4 Å². The van der Waals surface area contributed by atoms with Crippen LogP contribution < -0.4 is 5.32 Å². The first-order valence-electron chi connectivity index (χ1n) is 14.3. The molecule has 216 valence electrons. The van der Waals surface area contributed by atoms with Gasteiger partial charge in [-0.15, -0.1) is 0 Å². The summed E-state index contributed by atoms with van der Waals surface area (Å²) in [5, 5.41) is 3.36. The van der Waals surface area contributed by atoms with Gasteiger partial charge in [0.05, 0.1) is 13.1 Å². The number of anilines is 1. The lowest BCUT2D eigenvalue weighted by molar-refractivity contribution is -0.938. The van der Waals surface area contributed by atoms with Crippen LogP contribution in [0.4, 0.5) is 10.1 Å². The summed E-state index contributed by atoms with van der Waals surface area (Å²) in [6.07, 6.45) is 1.66. The molecule has 5 nitrogen and oxygen atoms in total. The lowest BCUT2D eigenvalue weighted by atomic mass is 9.82. The van der Waals surface area contributed by atoms with Crippen LogP contribution in [-0.4, -0.2) is 48.5 Å². The predicted molar refractivity (Wildman–Crippen MR) is 164 cm³/mol. The fraction of sp³-hybridized carbons (Fsp3) is 0.278. The molecule has 0 saturated carbocycles. The molecule has 42 heavy (non-hydrogen) atoms. The molecule has 7 rings (SSSR count). The molecule has 2 bridgehead atoms. The van der Waals surface area contributed by atoms with Crippen LogP contribution in [0.1, 0.15) is 42.2 Å². The number of Topliss-reactive ketones (excluding diaryl/α,β-unsaturated/α-hetero) is 1. The van der Waals surface area contributed by atoms with E-state index in [2.05, 4.69) is 5.32 Å². The van der Waals surface area contributed by atoms with E-state index in [1.165, 1.54) is 12.1 Å². The van der Waals surface area contributed by atoms with Crippen molar-refractivity contribution in [3.8, 4) is 11.1 Å². The quantitative estimate of drug-likeness (QED) is 0.131. The van der Waals surface area contributed by atoms with E-state index in [-0.39, 0.29) is 31.1 Å². The van der Waals surface area contributed by atoms with E-state index in [0.717, 1.165) is 48.3 Å². The Kier molecular flexibility index (Phi) is 8.83. The maximum atomic E-state index is 13.6. The average molecular weight is 566 g/mol. The number of carbonyl (C=O) groups is 2. The van der Waals surface area contributed by atoms with E-state index in [1.54, 1.807) is 12.1 Å². The molecular weight excluding hydrogens is 527 g/mol. The Hall–Kier alpha value is -4.29. The largest absolute Gasteiger partial charge is 0.454 e. The Morgan fingerprint density at radius 3 is 2.00 bits per heavy atom. The zero-order valence-electron chi connectivity index (χ0n) is 22.9. The summed E-state index contributed by atoms with van der Waals surface area (Å²) in [5.41, 5.74) is 4.22. The number of piperidine rings is 3. The SMILES string of the molecule is C.O=C(C[N+]12CCC(CC1)[C@@H](OC(=O)[C@H](Nc1ccccc1)c1ccccc1)C2)c1ccc(-c2ccc(F)cc2)cc1. The van der Waals surface area contributed by atoms with E-state index in [9.17, 15) is 14.0 Å². The van der Waals surface area contributed by atoms with Crippen molar-refractivity contribution in [3.63, 3.8) is 0 Å². The van der Waals surface area contributed by atoms with E-state index in [0.29, 0.717) is 29.1 Å². The molecular formula is C36H38FN2O3+. The molecule has 3 fully saturated rings. The number of benzene rings is 4. The summed E-state index contributed by atoms with van der Waals surface area (Å²) in [6, 6.07) is 32.6. The van der Waals surface area contributed by atoms with Gasteiger partial charge in [-0.3, -0.25) is 4.79 Å². The minimum atomic E-state index is -0.622. The first-order chi connectivity index (χ1) is 20.0. The highest BCUT2D eigenvalue weighted by molar-refractivity contribution is 5.97. The second kappa shape index (κ2) is 12.7. The van der Waals surface area contributed by atoms with Crippen LogP contribution in [0.3, 0.4) is 0 Å². The molecule has 3 saturated heterocycles. The molecule has 3 aliphatic heterocycles. The molecule has 0 radical (unpaired) electrons. The number of quaternary nitrogens is 1. The first kappa shape index (κ1) is 29.2. The van der Waals surface area contributed by atoms with Gasteiger partial charge in [0.15, 0.2) is 12.1 Å². The molecule has 2 atom stereocenters. The van der Waals surface area contributed by atoms with E-state index >= 15 is 0 Å². The second-order valence-electron chi connectivity index (χ2n) is 11.3. The molecule has 1 N–H and O–H groups in total. The lowest BCUT2D eigenvalue weighted by Crippen LogP contribution is -2.65. The highest BCUT2D eigenvalue weighted by atomic mass is 19.1. The fourth-order valence-electron chi connectivity index (χ4n) is 6.31. The van der Waals surface area contributed by atoms with Crippen molar-refractivity contribution in [1.82, 2.24) is 0 Å². The number of rotatable bonds is 9. The Bertz CT molecular complexity index is 1480. The number of halogens is 1. The average Bonchev–Trinajstić information content (AvgIpc) is 3.01. The Balaban J connectivity index is 0.00000353. The van der Waals surface area contributed by atoms with Crippen LogP contribution in [0.5, 0.6) is 0 Å². The maximum Gasteiger partial charge on any atom is 0.333 e. The number of esters is 1. The maximum absolute atomic E-state index is 13.6. The molecule has 3 heterocycles. The monoisotopic (exact) mass is 565 g/mol. The van der Waals surface area contributed by atoms with Crippen molar-refractivity contribution >= 4 is 17.4 Å². The standard InChI is InChI=1S/C35H34FN2O3.CH4/c36-30-17-15-26(16-18-30)25-11-13-27(14-12-25)32(39)23-38-21-19-28(20-22-38)33(24-38)41-35(40)34(29-7-3-1-4-8-29)37-31-9-5-2-6-10-31;/h1-18,28,33-34,37H,19-24H2;1H4/q+1;/t28?,33-,34+,38?;/m0./s1. The number of para-hydroxylation sites is 1. The number of ether oxygens (including phenoxy) is 1. The fourth-order valence-corrected chi connectivity index (χ4v) is 6.31. The summed E-state index contributed by atoms with van der Waals surface area (Å²) < 4.78 is 20.2. The third kappa shape index (κ3) is 6.44. The number of ketones is 1. The number of hydrogen-bond donors (Lipinski definition) is 1. The normalized spacial score (nSPS) is 21.5. The van der Waals surface area contributed by atoms with Crippen molar-refractivity contribution in [1.29, 1.82) is 0 Å². The summed E-state index contributed by atoms with van der Waals surface area (Å²) in [5.74, 6) is -0.155. The van der Waals surface area contributed by atoms with Gasteiger partial charge in [-0.25, -0.2) is 9.18 Å². The third-order valence-electron chi connectivity index (χ3n) is 8.63. The van der Waals surface area contributed by atoms with E-state index in [1.807, 2.05) is 84.9 Å². The molecule has 0 aliphatic carbocycles. The molecule has 0 unspecified atom stereocenters. The lowest BCUT2D eigenvalue weighted by Gasteiger charge is -2.51. The number of hydrogen-bond acceptors (Lipinski definition) is 4. The molecule has 4 aromatic rings. The van der Waals surface area contributed by atoms with Crippen LogP contribution in [0, 0.1) is 11.7 Å². The van der Waals surface area contributed by atoms with Crippen LogP contribution in [0.25, 0.3) is 11.1 Å². The van der Waals surface area contributed by atoms with Gasteiger partial charge in [0.25, 0.3) is 0 Å². The number of nitrogens with one attached hydrogen (secondary N) is 1. The van der Waals surface area contributed by atoms with Crippen molar-refractivity contribution in [2.75, 3.05) is 31.5 Å². The number of nitrogens with zero attached hydrogens (tertiary/aromatic N) is 1. The zero-order chi connectivity index (χ0) is 28.2. The van der Waals surface area contributed by atoms with Crippen LogP contribution >= 0.6 is 0 Å². The summed E-state index contributed by atoms with van der Waals surface area (Å²) in [7, 11) is 0. The second-order valence-corrected chi connectivity index (χ2v) is 11.3. The van der Waals surface area contributed by atoms with Gasteiger partial charge in [0, 0.05) is 30.0 Å². The van der Waals surface area contributed by atoms with Gasteiger partial charge in [0.1, 0.15) is 18.9 Å². The minimum absolute atomic E-state index is 0. The molecule has 6 heteroatoms. The van der Waals surface area contributed by atoms with Gasteiger partial charge in [-0.2, -0.15) is 0 Å². The zero-order valence-corrected chi connectivity index (χ0v) is 22.9. The summed E-state index contributed by atoms with van der Waals surface area (Å²) in [6.45, 7) is 2.88. The molecule has 3 aliphatic rings.